The van der Waals surface area contributed by atoms with Crippen LogP contribution >= 0.6 is 0 Å². The first-order chi connectivity index (χ1) is 6.31. The van der Waals surface area contributed by atoms with Crippen LogP contribution in [0.4, 0.5) is 13.2 Å². The minimum atomic E-state index is -4.43. The minimum Gasteiger partial charge on any atom is -0.369 e. The first-order valence-corrected chi connectivity index (χ1v) is 3.64. The molecule has 2 amide bonds. The quantitative estimate of drug-likeness (QED) is 0.533. The zero-order chi connectivity index (χ0) is 11.2. The highest BCUT2D eigenvalue weighted by atomic mass is 19.4. The number of carbonyl (C=O) groups is 2. The monoisotopic (exact) mass is 213 g/mol. The van der Waals surface area contributed by atoms with Crippen molar-refractivity contribution in [1.29, 1.82) is 0 Å². The van der Waals surface area contributed by atoms with E-state index in [1.54, 1.807) is 5.32 Å². The van der Waals surface area contributed by atoms with E-state index in [2.05, 4.69) is 5.32 Å². The summed E-state index contributed by atoms with van der Waals surface area (Å²) in [4.78, 5) is 20.8. The van der Waals surface area contributed by atoms with Gasteiger partial charge in [-0.3, -0.25) is 14.9 Å². The van der Waals surface area contributed by atoms with E-state index >= 15 is 0 Å². The maximum Gasteiger partial charge on any atom is 0.405 e. The largest absolute Gasteiger partial charge is 0.405 e. The second kappa shape index (κ2) is 5.43. The molecule has 0 aliphatic rings. The highest BCUT2D eigenvalue weighted by Gasteiger charge is 2.27. The van der Waals surface area contributed by atoms with E-state index in [1.165, 1.54) is 0 Å². The fourth-order valence-electron chi connectivity index (χ4n) is 0.561. The van der Waals surface area contributed by atoms with Crippen LogP contribution in [0.25, 0.3) is 0 Å². The van der Waals surface area contributed by atoms with Crippen LogP contribution < -0.4 is 16.4 Å². The number of nitrogens with one attached hydrogen (secondary N) is 2. The van der Waals surface area contributed by atoms with Gasteiger partial charge in [0, 0.05) is 0 Å². The molecule has 8 heteroatoms. The van der Waals surface area contributed by atoms with Gasteiger partial charge in [-0.05, 0) is 0 Å². The summed E-state index contributed by atoms with van der Waals surface area (Å²) in [5.74, 6) is -1.53. The maximum absolute atomic E-state index is 11.6. The van der Waals surface area contributed by atoms with E-state index in [4.69, 9.17) is 5.73 Å². The molecule has 0 aromatic heterocycles. The molecule has 0 saturated heterocycles. The summed E-state index contributed by atoms with van der Waals surface area (Å²) < 4.78 is 34.7. The van der Waals surface area contributed by atoms with Gasteiger partial charge in [0.1, 0.15) is 6.54 Å². The van der Waals surface area contributed by atoms with Crippen molar-refractivity contribution in [3.8, 4) is 0 Å². The van der Waals surface area contributed by atoms with Gasteiger partial charge in [0.2, 0.25) is 11.8 Å². The van der Waals surface area contributed by atoms with Crippen LogP contribution in [0.5, 0.6) is 0 Å². The smallest absolute Gasteiger partial charge is 0.369 e. The van der Waals surface area contributed by atoms with Gasteiger partial charge >= 0.3 is 6.18 Å². The maximum atomic E-state index is 11.6. The predicted octanol–water partition coefficient (Wildman–Crippen LogP) is -1.26. The molecule has 0 heterocycles. The lowest BCUT2D eigenvalue weighted by Gasteiger charge is -2.08. The number of alkyl halides is 3. The van der Waals surface area contributed by atoms with Crippen molar-refractivity contribution in [3.05, 3.63) is 0 Å². The van der Waals surface area contributed by atoms with Gasteiger partial charge in [0.05, 0.1) is 13.1 Å². The molecule has 5 nitrogen and oxygen atoms in total. The molecule has 0 unspecified atom stereocenters. The fraction of sp³-hybridized carbons (Fsp3) is 0.667. The molecule has 0 rings (SSSR count). The van der Waals surface area contributed by atoms with Crippen molar-refractivity contribution >= 4 is 11.8 Å². The molecule has 82 valence electrons. The lowest BCUT2D eigenvalue weighted by molar-refractivity contribution is -0.137. The van der Waals surface area contributed by atoms with Gasteiger partial charge in [0.15, 0.2) is 0 Å². The van der Waals surface area contributed by atoms with Crippen molar-refractivity contribution in [2.75, 3.05) is 19.6 Å². The lowest BCUT2D eigenvalue weighted by Crippen LogP contribution is -2.41. The Bertz CT molecular complexity index is 217. The summed E-state index contributed by atoms with van der Waals surface area (Å²) in [6.45, 7) is -2.01. The number of primary amides is 1. The molecule has 4 N–H and O–H groups in total. The third-order valence-corrected chi connectivity index (χ3v) is 1.07. The van der Waals surface area contributed by atoms with Crippen LogP contribution in [0.3, 0.4) is 0 Å². The zero-order valence-electron chi connectivity index (χ0n) is 7.15. The van der Waals surface area contributed by atoms with Crippen molar-refractivity contribution in [2.24, 2.45) is 5.73 Å². The van der Waals surface area contributed by atoms with Gasteiger partial charge in [-0.2, -0.15) is 13.2 Å². The Balaban J connectivity index is 3.52. The number of carbonyl (C=O) groups excluding carboxylic acids is 2. The molecule has 0 bridgehead atoms. The Hall–Kier alpha value is -1.31. The number of hydrogen-bond acceptors (Lipinski definition) is 3. The van der Waals surface area contributed by atoms with Gasteiger partial charge in [-0.15, -0.1) is 0 Å². The molecular weight excluding hydrogens is 203 g/mol. The fourth-order valence-corrected chi connectivity index (χ4v) is 0.561. The summed E-state index contributed by atoms with van der Waals surface area (Å²) in [7, 11) is 0. The lowest BCUT2D eigenvalue weighted by atomic mass is 10.5. The molecule has 14 heavy (non-hydrogen) atoms. The number of amides is 2. The van der Waals surface area contributed by atoms with Crippen LogP contribution in [-0.2, 0) is 9.59 Å². The number of halogens is 3. The Morgan fingerprint density at radius 2 is 1.79 bits per heavy atom. The first kappa shape index (κ1) is 12.7. The van der Waals surface area contributed by atoms with E-state index in [9.17, 15) is 22.8 Å². The average Bonchev–Trinajstić information content (AvgIpc) is 1.99. The number of nitrogens with two attached hydrogens (primary N) is 1. The SMILES string of the molecule is NC(=O)CNCC(=O)NCC(F)(F)F. The van der Waals surface area contributed by atoms with Crippen LogP contribution in [0, 0.1) is 0 Å². The number of rotatable bonds is 5. The Morgan fingerprint density at radius 1 is 1.21 bits per heavy atom. The molecule has 0 radical (unpaired) electrons. The van der Waals surface area contributed by atoms with E-state index < -0.39 is 24.5 Å². The molecule has 0 atom stereocenters. The Kier molecular flexibility index (Phi) is 4.92. The van der Waals surface area contributed by atoms with Crippen molar-refractivity contribution in [2.45, 2.75) is 6.18 Å². The van der Waals surface area contributed by atoms with Crippen molar-refractivity contribution in [1.82, 2.24) is 10.6 Å². The second-order valence-corrected chi connectivity index (χ2v) is 2.46. The summed E-state index contributed by atoms with van der Waals surface area (Å²) in [5.41, 5.74) is 4.71. The molecule has 0 aliphatic heterocycles. The molecule has 0 fully saturated rings. The van der Waals surface area contributed by atoms with Crippen LogP contribution in [0.2, 0.25) is 0 Å². The van der Waals surface area contributed by atoms with Gasteiger partial charge in [0.25, 0.3) is 0 Å². The topological polar surface area (TPSA) is 84.2 Å². The van der Waals surface area contributed by atoms with Gasteiger partial charge in [-0.1, -0.05) is 0 Å². The molecule has 0 aliphatic carbocycles. The third-order valence-electron chi connectivity index (χ3n) is 1.07. The average molecular weight is 213 g/mol. The highest BCUT2D eigenvalue weighted by molar-refractivity contribution is 5.80. The normalized spacial score (nSPS) is 11.1. The molecule has 0 spiro atoms. The predicted molar refractivity (Wildman–Crippen MR) is 41.1 cm³/mol. The summed E-state index contributed by atoms with van der Waals surface area (Å²) in [6.07, 6.45) is -4.43. The Morgan fingerprint density at radius 3 is 2.21 bits per heavy atom. The summed E-state index contributed by atoms with van der Waals surface area (Å²) in [5, 5.41) is 3.88. The molecular formula is C6H10F3N3O2. The molecule has 0 aromatic carbocycles. The van der Waals surface area contributed by atoms with Crippen molar-refractivity contribution in [3.63, 3.8) is 0 Å². The number of hydrogen-bond donors (Lipinski definition) is 3. The summed E-state index contributed by atoms with van der Waals surface area (Å²) in [6, 6.07) is 0. The van der Waals surface area contributed by atoms with Crippen LogP contribution in [-0.4, -0.2) is 37.6 Å². The van der Waals surface area contributed by atoms with E-state index in [0.717, 1.165) is 0 Å². The molecule has 0 aromatic rings. The van der Waals surface area contributed by atoms with Crippen LogP contribution in [0.1, 0.15) is 0 Å². The standard InChI is InChI=1S/C6H10F3N3O2/c7-6(8,9)3-12-5(14)2-11-1-4(10)13/h11H,1-3H2,(H2,10,13)(H,12,14). The Labute approximate surface area is 77.8 Å². The zero-order valence-corrected chi connectivity index (χ0v) is 7.15. The van der Waals surface area contributed by atoms with Crippen LogP contribution in [0.15, 0.2) is 0 Å². The summed E-state index contributed by atoms with van der Waals surface area (Å²) >= 11 is 0. The first-order valence-electron chi connectivity index (χ1n) is 3.64. The van der Waals surface area contributed by atoms with E-state index in [1.807, 2.05) is 0 Å². The highest BCUT2D eigenvalue weighted by Crippen LogP contribution is 2.11. The van der Waals surface area contributed by atoms with Gasteiger partial charge < -0.3 is 11.1 Å². The molecule has 0 saturated carbocycles. The van der Waals surface area contributed by atoms with Gasteiger partial charge in [-0.25, -0.2) is 0 Å². The minimum absolute atomic E-state index is 0.251. The second-order valence-electron chi connectivity index (χ2n) is 2.46. The van der Waals surface area contributed by atoms with Crippen molar-refractivity contribution < 1.29 is 22.8 Å². The van der Waals surface area contributed by atoms with E-state index in [-0.39, 0.29) is 13.1 Å². The van der Waals surface area contributed by atoms with E-state index in [0.29, 0.717) is 0 Å². The third kappa shape index (κ3) is 8.78.